The number of fused-ring (bicyclic) bond motifs is 1. The van der Waals surface area contributed by atoms with Crippen LogP contribution in [0.2, 0.25) is 0 Å². The van der Waals surface area contributed by atoms with E-state index in [0.717, 1.165) is 5.56 Å². The third-order valence-corrected chi connectivity index (χ3v) is 2.87. The van der Waals surface area contributed by atoms with Gasteiger partial charge in [-0.05, 0) is 11.6 Å². The van der Waals surface area contributed by atoms with Crippen LogP contribution in [0, 0.1) is 0 Å². The number of hydrogen-bond donors (Lipinski definition) is 0. The quantitative estimate of drug-likeness (QED) is 0.796. The first kappa shape index (κ1) is 11.5. The second kappa shape index (κ2) is 4.49. The van der Waals surface area contributed by atoms with Crippen LogP contribution in [-0.4, -0.2) is 29.7 Å². The fourth-order valence-corrected chi connectivity index (χ4v) is 2.03. The Morgan fingerprint density at radius 2 is 2.12 bits per heavy atom. The Bertz CT molecular complexity index is 545. The van der Waals surface area contributed by atoms with Gasteiger partial charge in [0.15, 0.2) is 0 Å². The highest BCUT2D eigenvalue weighted by molar-refractivity contribution is 5.84. The Morgan fingerprint density at radius 3 is 2.82 bits per heavy atom. The number of ether oxygens (including phenoxy) is 1. The zero-order valence-electron chi connectivity index (χ0n) is 10.3. The van der Waals surface area contributed by atoms with Gasteiger partial charge in [0.05, 0.1) is 13.7 Å². The van der Waals surface area contributed by atoms with Gasteiger partial charge in [0.2, 0.25) is 0 Å². The number of carbonyl (C=O) groups is 1. The summed E-state index contributed by atoms with van der Waals surface area (Å²) in [5.74, 6) is 0. The van der Waals surface area contributed by atoms with Gasteiger partial charge in [-0.3, -0.25) is 0 Å². The predicted molar refractivity (Wildman–Crippen MR) is 66.8 cm³/mol. The Morgan fingerprint density at radius 1 is 1.41 bits per heavy atom. The lowest BCUT2D eigenvalue weighted by molar-refractivity contribution is 0.131. The Balaban J connectivity index is 2.33. The van der Waals surface area contributed by atoms with E-state index in [1.54, 1.807) is 11.9 Å². The highest BCUT2D eigenvalue weighted by atomic mass is 16.5. The highest BCUT2D eigenvalue weighted by Crippen LogP contribution is 2.21. The fourth-order valence-electron chi connectivity index (χ4n) is 2.03. The summed E-state index contributed by atoms with van der Waals surface area (Å²) in [5.41, 5.74) is 2.29. The zero-order valence-corrected chi connectivity index (χ0v) is 10.3. The average Bonchev–Trinajstić information content (AvgIpc) is 2.66. The third-order valence-electron chi connectivity index (χ3n) is 2.87. The van der Waals surface area contributed by atoms with Crippen LogP contribution in [0.15, 0.2) is 30.5 Å². The average molecular weight is 232 g/mol. The monoisotopic (exact) mass is 232 g/mol. The van der Waals surface area contributed by atoms with Gasteiger partial charge in [-0.1, -0.05) is 18.2 Å². The number of methoxy groups -OCH3 is 1. The van der Waals surface area contributed by atoms with Gasteiger partial charge in [-0.15, -0.1) is 0 Å². The molecule has 90 valence electrons. The van der Waals surface area contributed by atoms with Crippen LogP contribution in [0.4, 0.5) is 4.79 Å². The number of carbonyl (C=O) groups excluding carboxylic acids is 1. The van der Waals surface area contributed by atoms with Crippen LogP contribution in [0.3, 0.4) is 0 Å². The first-order chi connectivity index (χ1) is 8.13. The number of rotatable bonds is 2. The van der Waals surface area contributed by atoms with E-state index in [4.69, 9.17) is 0 Å². The number of hydrogen-bond acceptors (Lipinski definition) is 2. The van der Waals surface area contributed by atoms with E-state index >= 15 is 0 Å². The topological polar surface area (TPSA) is 34.5 Å². The van der Waals surface area contributed by atoms with Crippen molar-refractivity contribution in [2.75, 3.05) is 14.2 Å². The lowest BCUT2D eigenvalue weighted by Crippen LogP contribution is -2.25. The largest absolute Gasteiger partial charge is 0.453 e. The molecule has 0 aliphatic heterocycles. The molecule has 2 rings (SSSR count). The molecule has 4 heteroatoms. The number of para-hydroxylation sites is 1. The van der Waals surface area contributed by atoms with Crippen LogP contribution in [0.25, 0.3) is 10.9 Å². The van der Waals surface area contributed by atoms with E-state index in [9.17, 15) is 4.79 Å². The molecule has 0 saturated heterocycles. The Kier molecular flexibility index (Phi) is 3.04. The summed E-state index contributed by atoms with van der Waals surface area (Å²) in [6.45, 7) is 0.550. The summed E-state index contributed by atoms with van der Waals surface area (Å²) in [7, 11) is 5.12. The van der Waals surface area contributed by atoms with E-state index in [0.29, 0.717) is 6.54 Å². The normalized spacial score (nSPS) is 10.5. The van der Waals surface area contributed by atoms with Crippen LogP contribution >= 0.6 is 0 Å². The first-order valence-electron chi connectivity index (χ1n) is 5.45. The Labute approximate surface area is 100 Å². The van der Waals surface area contributed by atoms with E-state index in [-0.39, 0.29) is 6.09 Å². The van der Waals surface area contributed by atoms with E-state index in [2.05, 4.69) is 21.4 Å². The van der Waals surface area contributed by atoms with Crippen molar-refractivity contribution in [2.45, 2.75) is 6.54 Å². The molecular formula is C13H16N2O2. The van der Waals surface area contributed by atoms with Crippen molar-refractivity contribution in [3.05, 3.63) is 36.0 Å². The molecule has 1 amide bonds. The van der Waals surface area contributed by atoms with Crippen molar-refractivity contribution in [3.8, 4) is 0 Å². The highest BCUT2D eigenvalue weighted by Gasteiger charge is 2.12. The molecule has 4 nitrogen and oxygen atoms in total. The van der Waals surface area contributed by atoms with Gasteiger partial charge in [0.25, 0.3) is 0 Å². The smallest absolute Gasteiger partial charge is 0.409 e. The second-order valence-electron chi connectivity index (χ2n) is 4.11. The summed E-state index contributed by atoms with van der Waals surface area (Å²) >= 11 is 0. The molecule has 0 radical (unpaired) electrons. The number of amides is 1. The molecule has 2 aromatic rings. The minimum Gasteiger partial charge on any atom is -0.453 e. The van der Waals surface area contributed by atoms with Crippen molar-refractivity contribution in [1.29, 1.82) is 0 Å². The van der Waals surface area contributed by atoms with Crippen LogP contribution < -0.4 is 0 Å². The molecule has 0 spiro atoms. The summed E-state index contributed by atoms with van der Waals surface area (Å²) in [4.78, 5) is 12.9. The summed E-state index contributed by atoms with van der Waals surface area (Å²) in [6.07, 6.45) is 1.72. The molecule has 0 N–H and O–H groups in total. The zero-order chi connectivity index (χ0) is 12.4. The van der Waals surface area contributed by atoms with Gasteiger partial charge in [-0.2, -0.15) is 0 Å². The molecule has 1 aromatic heterocycles. The van der Waals surface area contributed by atoms with Gasteiger partial charge < -0.3 is 14.2 Å². The SMILES string of the molecule is COC(=O)N(C)Cc1cn(C)c2ccccc12. The number of aryl methyl sites for hydroxylation is 1. The van der Waals surface area contributed by atoms with Gasteiger partial charge in [0.1, 0.15) is 0 Å². The first-order valence-corrected chi connectivity index (χ1v) is 5.45. The minimum absolute atomic E-state index is 0.321. The van der Waals surface area contributed by atoms with Crippen LogP contribution in [-0.2, 0) is 18.3 Å². The van der Waals surface area contributed by atoms with Gasteiger partial charge >= 0.3 is 6.09 Å². The van der Waals surface area contributed by atoms with Gasteiger partial charge in [-0.25, -0.2) is 4.79 Å². The number of aromatic nitrogens is 1. The van der Waals surface area contributed by atoms with E-state index in [1.807, 2.05) is 25.4 Å². The maximum atomic E-state index is 11.4. The lowest BCUT2D eigenvalue weighted by atomic mass is 10.2. The summed E-state index contributed by atoms with van der Waals surface area (Å²) in [5, 5.41) is 1.17. The lowest BCUT2D eigenvalue weighted by Gasteiger charge is -2.14. The minimum atomic E-state index is -0.321. The number of benzene rings is 1. The molecule has 1 heterocycles. The summed E-state index contributed by atoms with van der Waals surface area (Å²) < 4.78 is 6.75. The molecule has 0 aliphatic carbocycles. The van der Waals surface area contributed by atoms with Crippen molar-refractivity contribution in [2.24, 2.45) is 7.05 Å². The molecule has 0 atom stereocenters. The second-order valence-corrected chi connectivity index (χ2v) is 4.11. The molecule has 0 aliphatic rings. The van der Waals surface area contributed by atoms with Gasteiger partial charge in [0, 0.05) is 31.2 Å². The number of nitrogens with zero attached hydrogens (tertiary/aromatic N) is 2. The summed E-state index contributed by atoms with van der Waals surface area (Å²) in [6, 6.07) is 8.15. The molecular weight excluding hydrogens is 216 g/mol. The third kappa shape index (κ3) is 2.11. The maximum absolute atomic E-state index is 11.4. The van der Waals surface area contributed by atoms with E-state index < -0.39 is 0 Å². The molecule has 0 fully saturated rings. The van der Waals surface area contributed by atoms with Crippen molar-refractivity contribution < 1.29 is 9.53 Å². The van der Waals surface area contributed by atoms with Crippen LogP contribution in [0.5, 0.6) is 0 Å². The van der Waals surface area contributed by atoms with Crippen molar-refractivity contribution >= 4 is 17.0 Å². The fraction of sp³-hybridized carbons (Fsp3) is 0.308. The van der Waals surface area contributed by atoms with Crippen molar-refractivity contribution in [1.82, 2.24) is 9.47 Å². The predicted octanol–water partition coefficient (Wildman–Crippen LogP) is 2.38. The standard InChI is InChI=1S/C13H16N2O2/c1-14-8-10(9-15(2)13(16)17-3)11-6-4-5-7-12(11)14/h4-8H,9H2,1-3H3. The Hall–Kier alpha value is -1.97. The van der Waals surface area contributed by atoms with E-state index in [1.165, 1.54) is 18.0 Å². The molecule has 17 heavy (non-hydrogen) atoms. The van der Waals surface area contributed by atoms with Crippen LogP contribution in [0.1, 0.15) is 5.56 Å². The van der Waals surface area contributed by atoms with Crippen molar-refractivity contribution in [3.63, 3.8) is 0 Å². The molecule has 0 unspecified atom stereocenters. The molecule has 0 bridgehead atoms. The molecule has 1 aromatic carbocycles. The maximum Gasteiger partial charge on any atom is 0.409 e. The molecule has 0 saturated carbocycles.